The Labute approximate surface area is 105 Å². The van der Waals surface area contributed by atoms with Crippen LogP contribution in [0.5, 0.6) is 0 Å². The van der Waals surface area contributed by atoms with E-state index in [4.69, 9.17) is 11.6 Å². The van der Waals surface area contributed by atoms with Gasteiger partial charge in [-0.25, -0.2) is 4.98 Å². The summed E-state index contributed by atoms with van der Waals surface area (Å²) < 4.78 is 0.972. The van der Waals surface area contributed by atoms with E-state index in [-0.39, 0.29) is 0 Å². The van der Waals surface area contributed by atoms with E-state index in [0.717, 1.165) is 22.3 Å². The molecule has 1 unspecified atom stereocenters. The van der Waals surface area contributed by atoms with E-state index in [1.807, 2.05) is 12.3 Å². The summed E-state index contributed by atoms with van der Waals surface area (Å²) in [6.07, 6.45) is 2.90. The van der Waals surface area contributed by atoms with E-state index in [1.165, 1.54) is 0 Å². The van der Waals surface area contributed by atoms with Crippen LogP contribution in [0.4, 0.5) is 5.82 Å². The number of pyridine rings is 1. The molecule has 0 amide bonds. The first-order chi connectivity index (χ1) is 7.10. The Kier molecular flexibility index (Phi) is 4.87. The predicted molar refractivity (Wildman–Crippen MR) is 69.7 cm³/mol. The molecule has 1 heterocycles. The summed E-state index contributed by atoms with van der Waals surface area (Å²) in [4.78, 5) is 6.58. The average molecular weight is 292 g/mol. The molecule has 0 saturated carbocycles. The van der Waals surface area contributed by atoms with Crippen LogP contribution in [0.25, 0.3) is 0 Å². The van der Waals surface area contributed by atoms with E-state index in [2.05, 4.69) is 46.7 Å². The molecule has 0 aromatic carbocycles. The number of hydrogen-bond donors (Lipinski definition) is 0. The monoisotopic (exact) mass is 290 g/mol. The minimum atomic E-state index is 0.473. The van der Waals surface area contributed by atoms with Crippen molar-refractivity contribution in [1.29, 1.82) is 0 Å². The van der Waals surface area contributed by atoms with Crippen molar-refractivity contribution < 1.29 is 0 Å². The molecule has 1 aromatic heterocycles. The van der Waals surface area contributed by atoms with Crippen LogP contribution in [0.1, 0.15) is 25.8 Å². The lowest BCUT2D eigenvalue weighted by molar-refractivity contribution is 0.655. The molecule has 0 N–H and O–H groups in total. The first-order valence-electron chi connectivity index (χ1n) is 5.03. The van der Waals surface area contributed by atoms with Gasteiger partial charge < -0.3 is 4.90 Å². The van der Waals surface area contributed by atoms with Gasteiger partial charge in [0.1, 0.15) is 5.82 Å². The van der Waals surface area contributed by atoms with Gasteiger partial charge in [-0.05, 0) is 35.3 Å². The van der Waals surface area contributed by atoms with E-state index in [9.17, 15) is 0 Å². The van der Waals surface area contributed by atoms with Gasteiger partial charge >= 0.3 is 0 Å². The molecule has 4 heteroatoms. The van der Waals surface area contributed by atoms with Crippen molar-refractivity contribution in [2.45, 2.75) is 32.2 Å². The highest BCUT2D eigenvalue weighted by Crippen LogP contribution is 2.24. The van der Waals surface area contributed by atoms with Gasteiger partial charge in [-0.2, -0.15) is 0 Å². The lowest BCUT2D eigenvalue weighted by atomic mass is 10.2. The van der Waals surface area contributed by atoms with Gasteiger partial charge in [0.05, 0.1) is 5.88 Å². The topological polar surface area (TPSA) is 16.1 Å². The van der Waals surface area contributed by atoms with E-state index >= 15 is 0 Å². The SMILES string of the molecule is CCC(C)N(C)c1ncc(Br)cc1CCl. The molecule has 84 valence electrons. The standard InChI is InChI=1S/C11H16BrClN2/c1-4-8(2)15(3)11-9(6-13)5-10(12)7-14-11/h5,7-8H,4,6H2,1-3H3. The minimum absolute atomic E-state index is 0.473. The smallest absolute Gasteiger partial charge is 0.132 e. The molecular weight excluding hydrogens is 275 g/mol. The van der Waals surface area contributed by atoms with Crippen molar-refractivity contribution in [3.63, 3.8) is 0 Å². The summed E-state index contributed by atoms with van der Waals surface area (Å²) in [6, 6.07) is 2.49. The Morgan fingerprint density at radius 3 is 2.80 bits per heavy atom. The van der Waals surface area contributed by atoms with Gasteiger partial charge in [-0.15, -0.1) is 11.6 Å². The summed E-state index contributed by atoms with van der Waals surface area (Å²) in [7, 11) is 2.06. The maximum atomic E-state index is 5.91. The second-order valence-corrected chi connectivity index (χ2v) is 4.82. The number of anilines is 1. The van der Waals surface area contributed by atoms with Gasteiger partial charge in [0, 0.05) is 29.3 Å². The molecule has 0 aliphatic carbocycles. The molecule has 0 aliphatic heterocycles. The molecule has 2 nitrogen and oxygen atoms in total. The first-order valence-corrected chi connectivity index (χ1v) is 6.36. The summed E-state index contributed by atoms with van der Waals surface area (Å²) in [5.41, 5.74) is 1.06. The highest BCUT2D eigenvalue weighted by atomic mass is 79.9. The molecule has 0 saturated heterocycles. The zero-order valence-corrected chi connectivity index (χ0v) is 11.6. The first kappa shape index (κ1) is 12.8. The lowest BCUT2D eigenvalue weighted by Crippen LogP contribution is -2.29. The highest BCUT2D eigenvalue weighted by molar-refractivity contribution is 9.10. The van der Waals surface area contributed by atoms with Crippen molar-refractivity contribution in [2.75, 3.05) is 11.9 Å². The number of halogens is 2. The fourth-order valence-electron chi connectivity index (χ4n) is 1.37. The Hall–Kier alpha value is -0.280. The van der Waals surface area contributed by atoms with E-state index < -0.39 is 0 Å². The molecule has 0 fully saturated rings. The van der Waals surface area contributed by atoms with Crippen molar-refractivity contribution in [3.8, 4) is 0 Å². The Morgan fingerprint density at radius 2 is 2.27 bits per heavy atom. The number of aromatic nitrogens is 1. The van der Waals surface area contributed by atoms with Crippen LogP contribution in [0.3, 0.4) is 0 Å². The summed E-state index contributed by atoms with van der Waals surface area (Å²) in [6.45, 7) is 4.35. The van der Waals surface area contributed by atoms with E-state index in [0.29, 0.717) is 11.9 Å². The normalized spacial score (nSPS) is 12.6. The molecule has 1 atom stereocenters. The number of alkyl halides is 1. The van der Waals surface area contributed by atoms with Crippen LogP contribution in [0.2, 0.25) is 0 Å². The zero-order valence-electron chi connectivity index (χ0n) is 9.30. The molecule has 1 aromatic rings. The van der Waals surface area contributed by atoms with Gasteiger partial charge in [0.25, 0.3) is 0 Å². The maximum Gasteiger partial charge on any atom is 0.132 e. The Bertz CT molecular complexity index is 330. The second kappa shape index (κ2) is 5.71. The Balaban J connectivity index is 3.02. The summed E-state index contributed by atoms with van der Waals surface area (Å²) >= 11 is 9.31. The number of rotatable bonds is 4. The maximum absolute atomic E-state index is 5.91. The molecule has 0 radical (unpaired) electrons. The molecule has 15 heavy (non-hydrogen) atoms. The lowest BCUT2D eigenvalue weighted by Gasteiger charge is -2.26. The molecule has 0 aliphatic rings. The summed E-state index contributed by atoms with van der Waals surface area (Å²) in [5, 5.41) is 0. The van der Waals surface area contributed by atoms with Crippen molar-refractivity contribution in [1.82, 2.24) is 4.98 Å². The number of nitrogens with zero attached hydrogens (tertiary/aromatic N) is 2. The fraction of sp³-hybridized carbons (Fsp3) is 0.545. The van der Waals surface area contributed by atoms with Gasteiger partial charge in [-0.3, -0.25) is 0 Å². The van der Waals surface area contributed by atoms with Gasteiger partial charge in [0.2, 0.25) is 0 Å². The third kappa shape index (κ3) is 3.08. The largest absolute Gasteiger partial charge is 0.357 e. The van der Waals surface area contributed by atoms with Crippen LogP contribution in [0, 0.1) is 0 Å². The fourth-order valence-corrected chi connectivity index (χ4v) is 1.95. The van der Waals surface area contributed by atoms with Crippen LogP contribution in [-0.2, 0) is 5.88 Å². The third-order valence-corrected chi connectivity index (χ3v) is 3.36. The number of hydrogen-bond acceptors (Lipinski definition) is 2. The van der Waals surface area contributed by atoms with Crippen molar-refractivity contribution >= 4 is 33.3 Å². The summed E-state index contributed by atoms with van der Waals surface area (Å²) in [5.74, 6) is 1.46. The molecule has 1 rings (SSSR count). The van der Waals surface area contributed by atoms with Crippen molar-refractivity contribution in [2.24, 2.45) is 0 Å². The molecule has 0 spiro atoms. The quantitative estimate of drug-likeness (QED) is 0.784. The average Bonchev–Trinajstić information content (AvgIpc) is 2.26. The van der Waals surface area contributed by atoms with Crippen LogP contribution < -0.4 is 4.90 Å². The Morgan fingerprint density at radius 1 is 1.60 bits per heavy atom. The molecule has 0 bridgehead atoms. The van der Waals surface area contributed by atoms with E-state index in [1.54, 1.807) is 0 Å². The highest BCUT2D eigenvalue weighted by Gasteiger charge is 2.13. The zero-order chi connectivity index (χ0) is 11.4. The van der Waals surface area contributed by atoms with Crippen LogP contribution in [0.15, 0.2) is 16.7 Å². The van der Waals surface area contributed by atoms with Crippen LogP contribution >= 0.6 is 27.5 Å². The second-order valence-electron chi connectivity index (χ2n) is 3.64. The van der Waals surface area contributed by atoms with Gasteiger partial charge in [0.15, 0.2) is 0 Å². The molecular formula is C11H16BrClN2. The predicted octanol–water partition coefficient (Wildman–Crippen LogP) is 3.82. The van der Waals surface area contributed by atoms with Crippen LogP contribution in [-0.4, -0.2) is 18.1 Å². The van der Waals surface area contributed by atoms with Crippen molar-refractivity contribution in [3.05, 3.63) is 22.3 Å². The minimum Gasteiger partial charge on any atom is -0.357 e. The third-order valence-electron chi connectivity index (χ3n) is 2.64. The van der Waals surface area contributed by atoms with Gasteiger partial charge in [-0.1, -0.05) is 6.92 Å².